The van der Waals surface area contributed by atoms with Gasteiger partial charge in [0.1, 0.15) is 0 Å². The van der Waals surface area contributed by atoms with Crippen molar-refractivity contribution in [2.45, 2.75) is 58.3 Å². The number of benzene rings is 1. The van der Waals surface area contributed by atoms with E-state index in [0.717, 1.165) is 6.07 Å². The summed E-state index contributed by atoms with van der Waals surface area (Å²) < 4.78 is 43.5. The van der Waals surface area contributed by atoms with Crippen molar-refractivity contribution in [1.29, 1.82) is 0 Å². The van der Waals surface area contributed by atoms with Crippen LogP contribution in [-0.2, 0) is 12.6 Å². The van der Waals surface area contributed by atoms with Crippen molar-refractivity contribution in [3.63, 3.8) is 0 Å². The van der Waals surface area contributed by atoms with Crippen LogP contribution in [0.2, 0.25) is 0 Å². The molecule has 0 unspecified atom stereocenters. The highest BCUT2D eigenvalue weighted by Crippen LogP contribution is 2.29. The molecule has 2 atom stereocenters. The lowest BCUT2D eigenvalue weighted by molar-refractivity contribution is -0.137. The molecule has 0 aliphatic carbocycles. The quantitative estimate of drug-likeness (QED) is 0.841. The Bertz CT molecular complexity index is 667. The molecule has 1 N–H and O–H groups in total. The van der Waals surface area contributed by atoms with Gasteiger partial charge in [0.05, 0.1) is 11.6 Å². The van der Waals surface area contributed by atoms with Gasteiger partial charge >= 0.3 is 6.18 Å². The van der Waals surface area contributed by atoms with E-state index in [2.05, 4.69) is 15.5 Å². The lowest BCUT2D eigenvalue weighted by Gasteiger charge is -2.18. The van der Waals surface area contributed by atoms with E-state index in [-0.39, 0.29) is 18.0 Å². The zero-order valence-corrected chi connectivity index (χ0v) is 14.2. The first-order valence-electron chi connectivity index (χ1n) is 7.92. The molecule has 0 aliphatic rings. The monoisotopic (exact) mass is 341 g/mol. The van der Waals surface area contributed by atoms with E-state index in [9.17, 15) is 13.2 Å². The number of alkyl halides is 3. The van der Waals surface area contributed by atoms with Crippen molar-refractivity contribution in [1.82, 2.24) is 15.5 Å². The number of nitrogens with one attached hydrogen (secondary N) is 1. The van der Waals surface area contributed by atoms with Crippen LogP contribution < -0.4 is 5.32 Å². The molecule has 0 spiro atoms. The van der Waals surface area contributed by atoms with Crippen molar-refractivity contribution in [2.24, 2.45) is 0 Å². The number of hydrogen-bond acceptors (Lipinski definition) is 4. The Kier molecular flexibility index (Phi) is 5.64. The van der Waals surface area contributed by atoms with E-state index in [0.29, 0.717) is 23.7 Å². The van der Waals surface area contributed by atoms with Crippen LogP contribution in [0.25, 0.3) is 0 Å². The fraction of sp³-hybridized carbons (Fsp3) is 0.529. The molecule has 0 radical (unpaired) electrons. The Balaban J connectivity index is 1.98. The van der Waals surface area contributed by atoms with Gasteiger partial charge < -0.3 is 9.84 Å². The van der Waals surface area contributed by atoms with Gasteiger partial charge in [0.25, 0.3) is 0 Å². The molecule has 0 bridgehead atoms. The highest BCUT2D eigenvalue weighted by atomic mass is 19.4. The molecule has 1 aromatic heterocycles. The Morgan fingerprint density at radius 2 is 1.88 bits per heavy atom. The second kappa shape index (κ2) is 7.34. The molecule has 1 heterocycles. The first-order valence-corrected chi connectivity index (χ1v) is 7.92. The molecule has 7 heteroatoms. The van der Waals surface area contributed by atoms with Crippen molar-refractivity contribution < 1.29 is 17.7 Å². The average Bonchev–Trinajstić information content (AvgIpc) is 2.96. The van der Waals surface area contributed by atoms with Crippen molar-refractivity contribution in [3.8, 4) is 0 Å². The standard InChI is InChI=1S/C17H22F3N3O/c1-10(2)15-22-16(24-23-15)12(4)21-11(3)8-13-6-5-7-14(9-13)17(18,19)20/h5-7,9-12,21H,8H2,1-4H3/t11-,12+/m0/s1. The van der Waals surface area contributed by atoms with Gasteiger partial charge in [-0.25, -0.2) is 0 Å². The van der Waals surface area contributed by atoms with Gasteiger partial charge in [0.2, 0.25) is 5.89 Å². The molecule has 2 aromatic rings. The third kappa shape index (κ3) is 4.80. The SMILES string of the molecule is CC(C)c1noc([C@@H](C)N[C@@H](C)Cc2cccc(C(F)(F)F)c2)n1. The molecule has 0 saturated heterocycles. The zero-order chi connectivity index (χ0) is 17.9. The second-order valence-corrected chi connectivity index (χ2v) is 6.34. The predicted molar refractivity (Wildman–Crippen MR) is 84.5 cm³/mol. The first-order chi connectivity index (χ1) is 11.2. The molecule has 0 saturated carbocycles. The topological polar surface area (TPSA) is 51.0 Å². The maximum absolute atomic E-state index is 12.8. The molecular weight excluding hydrogens is 319 g/mol. The van der Waals surface area contributed by atoms with Gasteiger partial charge in [-0.2, -0.15) is 18.2 Å². The Labute approximate surface area is 139 Å². The van der Waals surface area contributed by atoms with Gasteiger partial charge in [-0.1, -0.05) is 37.2 Å². The lowest BCUT2D eigenvalue weighted by atomic mass is 10.0. The van der Waals surface area contributed by atoms with Gasteiger partial charge in [0.15, 0.2) is 5.82 Å². The van der Waals surface area contributed by atoms with Crippen molar-refractivity contribution in [2.75, 3.05) is 0 Å². The van der Waals surface area contributed by atoms with Crippen LogP contribution in [0.4, 0.5) is 13.2 Å². The Morgan fingerprint density at radius 3 is 2.46 bits per heavy atom. The molecule has 132 valence electrons. The summed E-state index contributed by atoms with van der Waals surface area (Å²) in [5.74, 6) is 1.30. The normalized spacial score (nSPS) is 14.8. The zero-order valence-electron chi connectivity index (χ0n) is 14.2. The van der Waals surface area contributed by atoms with Gasteiger partial charge in [-0.15, -0.1) is 0 Å². The van der Waals surface area contributed by atoms with Gasteiger partial charge in [-0.05, 0) is 31.9 Å². The Hall–Kier alpha value is -1.89. The van der Waals surface area contributed by atoms with Crippen LogP contribution in [0, 0.1) is 0 Å². The molecule has 24 heavy (non-hydrogen) atoms. The van der Waals surface area contributed by atoms with Crippen LogP contribution >= 0.6 is 0 Å². The highest BCUT2D eigenvalue weighted by molar-refractivity contribution is 5.26. The third-order valence-electron chi connectivity index (χ3n) is 3.67. The molecule has 2 rings (SSSR count). The third-order valence-corrected chi connectivity index (χ3v) is 3.67. The summed E-state index contributed by atoms with van der Waals surface area (Å²) in [7, 11) is 0. The Morgan fingerprint density at radius 1 is 1.17 bits per heavy atom. The summed E-state index contributed by atoms with van der Waals surface area (Å²) in [4.78, 5) is 4.33. The maximum Gasteiger partial charge on any atom is 0.416 e. The fourth-order valence-corrected chi connectivity index (χ4v) is 2.44. The largest absolute Gasteiger partial charge is 0.416 e. The minimum atomic E-state index is -4.32. The van der Waals surface area contributed by atoms with Crippen LogP contribution in [-0.4, -0.2) is 16.2 Å². The maximum atomic E-state index is 12.8. The van der Waals surface area contributed by atoms with E-state index in [1.165, 1.54) is 12.1 Å². The predicted octanol–water partition coefficient (Wildman–Crippen LogP) is 4.49. The molecule has 1 aromatic carbocycles. The van der Waals surface area contributed by atoms with Crippen LogP contribution in [0.1, 0.15) is 62.5 Å². The van der Waals surface area contributed by atoms with Gasteiger partial charge in [0, 0.05) is 12.0 Å². The number of nitrogens with zero attached hydrogens (tertiary/aromatic N) is 2. The molecular formula is C17H22F3N3O. The minimum Gasteiger partial charge on any atom is -0.338 e. The smallest absolute Gasteiger partial charge is 0.338 e. The lowest BCUT2D eigenvalue weighted by Crippen LogP contribution is -2.31. The summed E-state index contributed by atoms with van der Waals surface area (Å²) >= 11 is 0. The highest BCUT2D eigenvalue weighted by Gasteiger charge is 2.30. The van der Waals surface area contributed by atoms with Crippen molar-refractivity contribution >= 4 is 0 Å². The van der Waals surface area contributed by atoms with E-state index >= 15 is 0 Å². The molecule has 0 aliphatic heterocycles. The molecule has 4 nitrogen and oxygen atoms in total. The summed E-state index contributed by atoms with van der Waals surface area (Å²) in [5.41, 5.74) is 0.00384. The number of rotatable bonds is 6. The van der Waals surface area contributed by atoms with E-state index in [1.54, 1.807) is 6.07 Å². The number of halogens is 3. The summed E-state index contributed by atoms with van der Waals surface area (Å²) in [5, 5.41) is 7.19. The second-order valence-electron chi connectivity index (χ2n) is 6.34. The fourth-order valence-electron chi connectivity index (χ4n) is 2.44. The molecule has 0 amide bonds. The van der Waals surface area contributed by atoms with E-state index in [4.69, 9.17) is 4.52 Å². The average molecular weight is 341 g/mol. The van der Waals surface area contributed by atoms with Crippen LogP contribution in [0.5, 0.6) is 0 Å². The summed E-state index contributed by atoms with van der Waals surface area (Å²) in [6, 6.07) is 5.18. The van der Waals surface area contributed by atoms with Gasteiger partial charge in [-0.3, -0.25) is 0 Å². The van der Waals surface area contributed by atoms with Crippen LogP contribution in [0.3, 0.4) is 0 Å². The minimum absolute atomic E-state index is 0.0436. The number of aromatic nitrogens is 2. The first kappa shape index (κ1) is 18.4. The number of hydrogen-bond donors (Lipinski definition) is 1. The van der Waals surface area contributed by atoms with E-state index < -0.39 is 11.7 Å². The van der Waals surface area contributed by atoms with Crippen LogP contribution in [0.15, 0.2) is 28.8 Å². The molecule has 0 fully saturated rings. The van der Waals surface area contributed by atoms with Crippen molar-refractivity contribution in [3.05, 3.63) is 47.1 Å². The summed E-state index contributed by atoms with van der Waals surface area (Å²) in [6.07, 6.45) is -3.85. The summed E-state index contributed by atoms with van der Waals surface area (Å²) in [6.45, 7) is 7.75. The van der Waals surface area contributed by atoms with E-state index in [1.807, 2.05) is 27.7 Å².